The topological polar surface area (TPSA) is 21.3 Å². The minimum absolute atomic E-state index is 0.0342. The van der Waals surface area contributed by atoms with Crippen molar-refractivity contribution in [3.8, 4) is 5.75 Å². The van der Waals surface area contributed by atoms with Gasteiger partial charge < -0.3 is 10.1 Å². The standard InChI is InChI=1S/C18H28FNO/c1-4-16(14-9-6-5-7-10-14)20-13(2)18-15(19)11-8-12-17(18)21-3/h8,11-14,16,20H,4-7,9-10H2,1-3H3. The summed E-state index contributed by atoms with van der Waals surface area (Å²) < 4.78 is 19.5. The SMILES string of the molecule is CCC(NC(C)c1c(F)cccc1OC)C1CCCCC1. The summed E-state index contributed by atoms with van der Waals surface area (Å²) in [4.78, 5) is 0. The quantitative estimate of drug-likeness (QED) is 0.810. The van der Waals surface area contributed by atoms with Crippen molar-refractivity contribution in [3.05, 3.63) is 29.6 Å². The van der Waals surface area contributed by atoms with Gasteiger partial charge in [0.25, 0.3) is 0 Å². The molecule has 21 heavy (non-hydrogen) atoms. The van der Waals surface area contributed by atoms with E-state index in [1.54, 1.807) is 13.2 Å². The summed E-state index contributed by atoms with van der Waals surface area (Å²) in [5.41, 5.74) is 0.647. The molecule has 1 fully saturated rings. The van der Waals surface area contributed by atoms with Gasteiger partial charge in [0, 0.05) is 17.6 Å². The van der Waals surface area contributed by atoms with Crippen molar-refractivity contribution in [2.75, 3.05) is 7.11 Å². The van der Waals surface area contributed by atoms with Crippen molar-refractivity contribution < 1.29 is 9.13 Å². The molecule has 1 aliphatic carbocycles. The molecular weight excluding hydrogens is 265 g/mol. The monoisotopic (exact) mass is 293 g/mol. The minimum atomic E-state index is -0.187. The first-order chi connectivity index (χ1) is 10.2. The Balaban J connectivity index is 2.10. The number of rotatable bonds is 6. The van der Waals surface area contributed by atoms with Crippen molar-refractivity contribution in [1.82, 2.24) is 5.32 Å². The van der Waals surface area contributed by atoms with E-state index >= 15 is 0 Å². The fraction of sp³-hybridized carbons (Fsp3) is 0.667. The highest BCUT2D eigenvalue weighted by Gasteiger charge is 2.25. The first-order valence-corrected chi connectivity index (χ1v) is 8.25. The molecule has 0 saturated heterocycles. The molecule has 2 rings (SSSR count). The Labute approximate surface area is 128 Å². The zero-order valence-electron chi connectivity index (χ0n) is 13.5. The maximum atomic E-state index is 14.2. The van der Waals surface area contributed by atoms with Crippen LogP contribution in [0.5, 0.6) is 5.75 Å². The molecule has 118 valence electrons. The summed E-state index contributed by atoms with van der Waals surface area (Å²) in [6.45, 7) is 4.25. The third-order valence-electron chi connectivity index (χ3n) is 4.79. The molecule has 1 saturated carbocycles. The van der Waals surface area contributed by atoms with Crippen LogP contribution in [0.25, 0.3) is 0 Å². The van der Waals surface area contributed by atoms with E-state index in [1.165, 1.54) is 38.2 Å². The van der Waals surface area contributed by atoms with Crippen LogP contribution in [0.3, 0.4) is 0 Å². The van der Waals surface area contributed by atoms with E-state index in [0.717, 1.165) is 12.3 Å². The van der Waals surface area contributed by atoms with E-state index in [0.29, 0.717) is 17.4 Å². The van der Waals surface area contributed by atoms with Crippen LogP contribution in [0.2, 0.25) is 0 Å². The number of hydrogen-bond donors (Lipinski definition) is 1. The van der Waals surface area contributed by atoms with E-state index in [9.17, 15) is 4.39 Å². The molecule has 0 heterocycles. The lowest BCUT2D eigenvalue weighted by Gasteiger charge is -2.33. The zero-order valence-corrected chi connectivity index (χ0v) is 13.5. The molecule has 0 aliphatic heterocycles. The van der Waals surface area contributed by atoms with Gasteiger partial charge in [0.2, 0.25) is 0 Å². The third-order valence-corrected chi connectivity index (χ3v) is 4.79. The number of nitrogens with one attached hydrogen (secondary N) is 1. The molecule has 1 aliphatic rings. The summed E-state index contributed by atoms with van der Waals surface area (Å²) in [7, 11) is 1.60. The first-order valence-electron chi connectivity index (χ1n) is 8.25. The van der Waals surface area contributed by atoms with Crippen LogP contribution in [0, 0.1) is 11.7 Å². The van der Waals surface area contributed by atoms with Gasteiger partial charge in [-0.2, -0.15) is 0 Å². The second-order valence-corrected chi connectivity index (χ2v) is 6.16. The molecule has 3 heteroatoms. The van der Waals surface area contributed by atoms with Gasteiger partial charge in [-0.15, -0.1) is 0 Å². The number of methoxy groups -OCH3 is 1. The van der Waals surface area contributed by atoms with Gasteiger partial charge in [-0.1, -0.05) is 32.3 Å². The predicted molar refractivity (Wildman–Crippen MR) is 85.2 cm³/mol. The van der Waals surface area contributed by atoms with Crippen molar-refractivity contribution in [2.24, 2.45) is 5.92 Å². The Morgan fingerprint density at radius 2 is 2.00 bits per heavy atom. The van der Waals surface area contributed by atoms with Gasteiger partial charge in [-0.25, -0.2) is 4.39 Å². The second-order valence-electron chi connectivity index (χ2n) is 6.16. The highest BCUT2D eigenvalue weighted by molar-refractivity contribution is 5.37. The van der Waals surface area contributed by atoms with Crippen LogP contribution < -0.4 is 10.1 Å². The molecule has 2 atom stereocenters. The van der Waals surface area contributed by atoms with Crippen LogP contribution in [-0.4, -0.2) is 13.2 Å². The van der Waals surface area contributed by atoms with Crippen LogP contribution in [0.1, 0.15) is 64.0 Å². The van der Waals surface area contributed by atoms with Gasteiger partial charge >= 0.3 is 0 Å². The van der Waals surface area contributed by atoms with E-state index < -0.39 is 0 Å². The minimum Gasteiger partial charge on any atom is -0.496 e. The number of benzene rings is 1. The summed E-state index contributed by atoms with van der Waals surface area (Å²) >= 11 is 0. The van der Waals surface area contributed by atoms with Gasteiger partial charge in [-0.05, 0) is 44.2 Å². The summed E-state index contributed by atoms with van der Waals surface area (Å²) in [5.74, 6) is 1.17. The molecule has 0 bridgehead atoms. The molecule has 0 spiro atoms. The second kappa shape index (κ2) is 7.79. The lowest BCUT2D eigenvalue weighted by molar-refractivity contribution is 0.246. The lowest BCUT2D eigenvalue weighted by Crippen LogP contribution is -2.38. The Bertz CT molecular complexity index is 443. The van der Waals surface area contributed by atoms with Crippen LogP contribution >= 0.6 is 0 Å². The Morgan fingerprint density at radius 1 is 1.29 bits per heavy atom. The Kier molecular flexibility index (Phi) is 6.04. The molecule has 1 aromatic carbocycles. The predicted octanol–water partition coefficient (Wildman–Crippen LogP) is 4.84. The van der Waals surface area contributed by atoms with E-state index in [2.05, 4.69) is 12.2 Å². The summed E-state index contributed by atoms with van der Waals surface area (Å²) in [6, 6.07) is 5.47. The molecule has 0 amide bonds. The van der Waals surface area contributed by atoms with Crippen molar-refractivity contribution in [2.45, 2.75) is 64.5 Å². The van der Waals surface area contributed by atoms with Gasteiger partial charge in [0.05, 0.1) is 7.11 Å². The highest BCUT2D eigenvalue weighted by atomic mass is 19.1. The summed E-state index contributed by atoms with van der Waals surface area (Å²) in [6.07, 6.45) is 7.72. The largest absolute Gasteiger partial charge is 0.496 e. The maximum Gasteiger partial charge on any atom is 0.131 e. The fourth-order valence-electron chi connectivity index (χ4n) is 3.64. The van der Waals surface area contributed by atoms with Gasteiger partial charge in [-0.3, -0.25) is 0 Å². The van der Waals surface area contributed by atoms with E-state index in [-0.39, 0.29) is 11.9 Å². The molecule has 1 aromatic rings. The highest BCUT2D eigenvalue weighted by Crippen LogP contribution is 2.32. The van der Waals surface area contributed by atoms with Crippen LogP contribution in [0.15, 0.2) is 18.2 Å². The number of halogens is 1. The Morgan fingerprint density at radius 3 is 2.62 bits per heavy atom. The number of ether oxygens (including phenoxy) is 1. The van der Waals surface area contributed by atoms with E-state index in [4.69, 9.17) is 4.74 Å². The third kappa shape index (κ3) is 3.97. The average molecular weight is 293 g/mol. The van der Waals surface area contributed by atoms with Crippen molar-refractivity contribution in [3.63, 3.8) is 0 Å². The average Bonchev–Trinajstić information content (AvgIpc) is 2.52. The van der Waals surface area contributed by atoms with Crippen LogP contribution in [-0.2, 0) is 0 Å². The van der Waals surface area contributed by atoms with Gasteiger partial charge in [0.1, 0.15) is 11.6 Å². The molecule has 0 radical (unpaired) electrons. The van der Waals surface area contributed by atoms with E-state index in [1.807, 2.05) is 13.0 Å². The Hall–Kier alpha value is -1.09. The normalized spacial score (nSPS) is 19.2. The molecule has 1 N–H and O–H groups in total. The molecule has 0 aromatic heterocycles. The molecule has 2 unspecified atom stereocenters. The first kappa shape index (κ1) is 16.3. The van der Waals surface area contributed by atoms with Crippen molar-refractivity contribution in [1.29, 1.82) is 0 Å². The van der Waals surface area contributed by atoms with Gasteiger partial charge in [0.15, 0.2) is 0 Å². The number of hydrogen-bond acceptors (Lipinski definition) is 2. The molecule has 2 nitrogen and oxygen atoms in total. The van der Waals surface area contributed by atoms with Crippen molar-refractivity contribution >= 4 is 0 Å². The fourth-order valence-corrected chi connectivity index (χ4v) is 3.64. The lowest BCUT2D eigenvalue weighted by atomic mass is 9.82. The molecular formula is C18H28FNO. The smallest absolute Gasteiger partial charge is 0.131 e. The zero-order chi connectivity index (χ0) is 15.2. The van der Waals surface area contributed by atoms with Crippen LogP contribution in [0.4, 0.5) is 4.39 Å². The maximum absolute atomic E-state index is 14.2. The summed E-state index contributed by atoms with van der Waals surface area (Å²) in [5, 5.41) is 3.65.